The van der Waals surface area contributed by atoms with Gasteiger partial charge in [0.15, 0.2) is 5.69 Å². The van der Waals surface area contributed by atoms with Crippen LogP contribution in [0.1, 0.15) is 48.3 Å². The molecule has 1 atom stereocenters. The molecule has 23 heavy (non-hydrogen) atoms. The minimum absolute atomic E-state index is 0.255. The number of halogens is 1. The molecule has 0 aliphatic carbocycles. The molecule has 2 aromatic rings. The summed E-state index contributed by atoms with van der Waals surface area (Å²) in [5.41, 5.74) is 7.32. The van der Waals surface area contributed by atoms with E-state index in [9.17, 15) is 4.79 Å². The first-order chi connectivity index (χ1) is 11.0. The van der Waals surface area contributed by atoms with E-state index in [1.54, 1.807) is 0 Å². The summed E-state index contributed by atoms with van der Waals surface area (Å²) >= 11 is 5.93. The lowest BCUT2D eigenvalue weighted by molar-refractivity contribution is 0.0949. The number of amides is 1. The molecule has 6 heteroatoms. The Morgan fingerprint density at radius 2 is 2.22 bits per heavy atom. The van der Waals surface area contributed by atoms with Crippen LogP contribution in [0.2, 0.25) is 5.02 Å². The average Bonchev–Trinajstić information content (AvgIpc) is 2.96. The zero-order valence-electron chi connectivity index (χ0n) is 13.4. The third kappa shape index (κ3) is 5.37. The van der Waals surface area contributed by atoms with E-state index < -0.39 is 0 Å². The predicted molar refractivity (Wildman–Crippen MR) is 90.4 cm³/mol. The lowest BCUT2D eigenvalue weighted by Gasteiger charge is -2.09. The molecule has 1 aromatic carbocycles. The van der Waals surface area contributed by atoms with Crippen molar-refractivity contribution in [3.8, 4) is 0 Å². The lowest BCUT2D eigenvalue weighted by atomic mass is 10.0. The first kappa shape index (κ1) is 17.5. The minimum atomic E-state index is -0.289. The van der Waals surface area contributed by atoms with Gasteiger partial charge in [0.2, 0.25) is 5.89 Å². The SMILES string of the molecule is CC(C)CC(N)c1nc(C(=O)NCCc2cccc(Cl)c2)co1. The number of nitrogens with two attached hydrogens (primary N) is 1. The van der Waals surface area contributed by atoms with Crippen LogP contribution in [0.25, 0.3) is 0 Å². The molecule has 0 bridgehead atoms. The van der Waals surface area contributed by atoms with Crippen LogP contribution in [0.5, 0.6) is 0 Å². The predicted octanol–water partition coefficient (Wildman–Crippen LogP) is 3.35. The van der Waals surface area contributed by atoms with Crippen molar-refractivity contribution in [3.63, 3.8) is 0 Å². The number of aromatic nitrogens is 1. The average molecular weight is 336 g/mol. The van der Waals surface area contributed by atoms with E-state index in [1.165, 1.54) is 6.26 Å². The third-order valence-electron chi connectivity index (χ3n) is 3.39. The number of oxazole rings is 1. The molecule has 0 fully saturated rings. The van der Waals surface area contributed by atoms with Crippen LogP contribution in [0.15, 0.2) is 34.9 Å². The number of hydrogen-bond acceptors (Lipinski definition) is 4. The van der Waals surface area contributed by atoms with Crippen molar-refractivity contribution >= 4 is 17.5 Å². The Bertz CT molecular complexity index is 655. The summed E-state index contributed by atoms with van der Waals surface area (Å²) in [5.74, 6) is 0.573. The van der Waals surface area contributed by atoms with Crippen molar-refractivity contribution in [1.82, 2.24) is 10.3 Å². The molecular formula is C17H22ClN3O2. The molecule has 5 nitrogen and oxygen atoms in total. The van der Waals surface area contributed by atoms with Gasteiger partial charge in [-0.05, 0) is 36.5 Å². The molecule has 0 saturated carbocycles. The lowest BCUT2D eigenvalue weighted by Crippen LogP contribution is -2.26. The fourth-order valence-electron chi connectivity index (χ4n) is 2.27. The van der Waals surface area contributed by atoms with Gasteiger partial charge in [-0.2, -0.15) is 0 Å². The number of nitrogens with one attached hydrogen (secondary N) is 1. The van der Waals surface area contributed by atoms with Crippen LogP contribution in [0, 0.1) is 5.92 Å². The van der Waals surface area contributed by atoms with Crippen LogP contribution < -0.4 is 11.1 Å². The van der Waals surface area contributed by atoms with Gasteiger partial charge in [0.1, 0.15) is 6.26 Å². The smallest absolute Gasteiger partial charge is 0.273 e. The van der Waals surface area contributed by atoms with Gasteiger partial charge < -0.3 is 15.5 Å². The second kappa shape index (κ2) is 8.13. The molecular weight excluding hydrogens is 314 g/mol. The monoisotopic (exact) mass is 335 g/mol. The van der Waals surface area contributed by atoms with Crippen molar-refractivity contribution < 1.29 is 9.21 Å². The highest BCUT2D eigenvalue weighted by Crippen LogP contribution is 2.18. The molecule has 2 rings (SSSR count). The summed E-state index contributed by atoms with van der Waals surface area (Å²) in [7, 11) is 0. The summed E-state index contributed by atoms with van der Waals surface area (Å²) in [6, 6.07) is 7.27. The summed E-state index contributed by atoms with van der Waals surface area (Å²) in [5, 5.41) is 3.50. The van der Waals surface area contributed by atoms with Crippen molar-refractivity contribution in [3.05, 3.63) is 52.7 Å². The molecule has 0 spiro atoms. The van der Waals surface area contributed by atoms with E-state index in [0.29, 0.717) is 29.8 Å². The molecule has 0 aliphatic heterocycles. The molecule has 0 saturated heterocycles. The summed E-state index contributed by atoms with van der Waals surface area (Å²) in [6.45, 7) is 4.65. The topological polar surface area (TPSA) is 81.1 Å². The zero-order valence-corrected chi connectivity index (χ0v) is 14.1. The van der Waals surface area contributed by atoms with E-state index in [-0.39, 0.29) is 17.6 Å². The molecule has 0 radical (unpaired) electrons. The van der Waals surface area contributed by atoms with Crippen LogP contribution in [-0.4, -0.2) is 17.4 Å². The van der Waals surface area contributed by atoms with E-state index in [4.69, 9.17) is 21.8 Å². The van der Waals surface area contributed by atoms with E-state index >= 15 is 0 Å². The Morgan fingerprint density at radius 1 is 1.43 bits per heavy atom. The highest BCUT2D eigenvalue weighted by Gasteiger charge is 2.17. The normalized spacial score (nSPS) is 12.4. The fourth-order valence-corrected chi connectivity index (χ4v) is 2.49. The van der Waals surface area contributed by atoms with Crippen molar-refractivity contribution in [1.29, 1.82) is 0 Å². The van der Waals surface area contributed by atoms with Gasteiger partial charge in [-0.25, -0.2) is 4.98 Å². The molecule has 1 unspecified atom stereocenters. The van der Waals surface area contributed by atoms with E-state index in [1.807, 2.05) is 24.3 Å². The quantitative estimate of drug-likeness (QED) is 0.813. The van der Waals surface area contributed by atoms with Gasteiger partial charge in [-0.15, -0.1) is 0 Å². The summed E-state index contributed by atoms with van der Waals surface area (Å²) in [6.07, 6.45) is 2.81. The molecule has 1 amide bonds. The third-order valence-corrected chi connectivity index (χ3v) is 3.62. The van der Waals surface area contributed by atoms with E-state index in [2.05, 4.69) is 24.1 Å². The Morgan fingerprint density at radius 3 is 2.91 bits per heavy atom. The standard InChI is InChI=1S/C17H22ClN3O2/c1-11(2)8-14(19)17-21-15(10-23-17)16(22)20-7-6-12-4-3-5-13(18)9-12/h3-5,9-11,14H,6-8,19H2,1-2H3,(H,20,22). The first-order valence-corrected chi connectivity index (χ1v) is 8.07. The summed E-state index contributed by atoms with van der Waals surface area (Å²) in [4.78, 5) is 16.2. The minimum Gasteiger partial charge on any atom is -0.446 e. The maximum atomic E-state index is 12.1. The number of carbonyl (C=O) groups excluding carboxylic acids is 1. The van der Waals surface area contributed by atoms with Crippen LogP contribution in [0.3, 0.4) is 0 Å². The maximum Gasteiger partial charge on any atom is 0.273 e. The largest absolute Gasteiger partial charge is 0.446 e. The zero-order chi connectivity index (χ0) is 16.8. The molecule has 124 valence electrons. The van der Waals surface area contributed by atoms with Gasteiger partial charge in [0.05, 0.1) is 6.04 Å². The van der Waals surface area contributed by atoms with Crippen LogP contribution in [-0.2, 0) is 6.42 Å². The van der Waals surface area contributed by atoms with Crippen molar-refractivity contribution in [2.75, 3.05) is 6.54 Å². The fraction of sp³-hybridized carbons (Fsp3) is 0.412. The van der Waals surface area contributed by atoms with Gasteiger partial charge in [-0.3, -0.25) is 4.79 Å². The van der Waals surface area contributed by atoms with Gasteiger partial charge in [-0.1, -0.05) is 37.6 Å². The van der Waals surface area contributed by atoms with Gasteiger partial charge in [0.25, 0.3) is 5.91 Å². The number of benzene rings is 1. The van der Waals surface area contributed by atoms with E-state index in [0.717, 1.165) is 12.0 Å². The van der Waals surface area contributed by atoms with Gasteiger partial charge in [0, 0.05) is 11.6 Å². The Hall–Kier alpha value is -1.85. The molecule has 1 heterocycles. The number of carbonyl (C=O) groups is 1. The number of hydrogen-bond donors (Lipinski definition) is 2. The highest BCUT2D eigenvalue weighted by molar-refractivity contribution is 6.30. The Labute approximate surface area is 141 Å². The second-order valence-electron chi connectivity index (χ2n) is 5.94. The number of rotatable bonds is 7. The van der Waals surface area contributed by atoms with Crippen molar-refractivity contribution in [2.24, 2.45) is 11.7 Å². The first-order valence-electron chi connectivity index (χ1n) is 7.69. The second-order valence-corrected chi connectivity index (χ2v) is 6.38. The van der Waals surface area contributed by atoms with Crippen LogP contribution in [0.4, 0.5) is 0 Å². The Balaban J connectivity index is 1.85. The summed E-state index contributed by atoms with van der Waals surface area (Å²) < 4.78 is 5.31. The molecule has 3 N–H and O–H groups in total. The maximum absolute atomic E-state index is 12.1. The Kier molecular flexibility index (Phi) is 6.19. The van der Waals surface area contributed by atoms with Gasteiger partial charge >= 0.3 is 0 Å². The molecule has 0 aliphatic rings. The highest BCUT2D eigenvalue weighted by atomic mass is 35.5. The van der Waals surface area contributed by atoms with Crippen molar-refractivity contribution in [2.45, 2.75) is 32.7 Å². The molecule has 1 aromatic heterocycles. The van der Waals surface area contributed by atoms with Crippen LogP contribution >= 0.6 is 11.6 Å². The number of nitrogens with zero attached hydrogens (tertiary/aromatic N) is 1.